The number of nitrogens with zero attached hydrogens (tertiary/aromatic N) is 3. The van der Waals surface area contributed by atoms with Crippen molar-refractivity contribution >= 4 is 27.9 Å². The maximum Gasteiger partial charge on any atom is 0.202 e. The molecule has 0 saturated carbocycles. The van der Waals surface area contributed by atoms with Gasteiger partial charge in [-0.3, -0.25) is 8.78 Å². The minimum Gasteiger partial charge on any atom is -0.369 e. The molecule has 0 aliphatic carbocycles. The van der Waals surface area contributed by atoms with Gasteiger partial charge in [0.15, 0.2) is 5.65 Å². The Morgan fingerprint density at radius 2 is 2.17 bits per heavy atom. The highest BCUT2D eigenvalue weighted by molar-refractivity contribution is 7.85. The molecule has 6 heteroatoms. The molecule has 96 valence electrons. The molecule has 2 aromatic rings. The van der Waals surface area contributed by atoms with Crippen molar-refractivity contribution in [1.82, 2.24) is 14.5 Å². The second-order valence-electron chi connectivity index (χ2n) is 4.77. The van der Waals surface area contributed by atoms with E-state index in [-0.39, 0.29) is 6.04 Å². The average molecular weight is 264 g/mol. The van der Waals surface area contributed by atoms with Crippen LogP contribution in [0.2, 0.25) is 0 Å². The molecule has 0 bridgehead atoms. The molecule has 1 fully saturated rings. The third kappa shape index (κ3) is 1.90. The number of fused-ring (bicyclic) bond motifs is 1. The summed E-state index contributed by atoms with van der Waals surface area (Å²) >= 11 is 0. The number of imidazole rings is 1. The molecule has 3 rings (SSSR count). The van der Waals surface area contributed by atoms with Crippen molar-refractivity contribution < 1.29 is 4.21 Å². The van der Waals surface area contributed by atoms with Crippen LogP contribution < -0.4 is 5.73 Å². The summed E-state index contributed by atoms with van der Waals surface area (Å²) in [4.78, 5) is 8.81. The lowest BCUT2D eigenvalue weighted by Gasteiger charge is -2.23. The quantitative estimate of drug-likeness (QED) is 0.845. The zero-order chi connectivity index (χ0) is 12.7. The largest absolute Gasteiger partial charge is 0.369 e. The van der Waals surface area contributed by atoms with Crippen molar-refractivity contribution in [2.24, 2.45) is 0 Å². The lowest BCUT2D eigenvalue weighted by Crippen LogP contribution is -2.22. The monoisotopic (exact) mass is 264 g/mol. The van der Waals surface area contributed by atoms with Crippen molar-refractivity contribution in [1.29, 1.82) is 0 Å². The number of nitrogen functional groups attached to an aromatic ring is 1. The molecular weight excluding hydrogens is 248 g/mol. The van der Waals surface area contributed by atoms with Crippen LogP contribution in [0.15, 0.2) is 12.3 Å². The summed E-state index contributed by atoms with van der Waals surface area (Å²) in [6.45, 7) is 1.99. The Morgan fingerprint density at radius 3 is 2.89 bits per heavy atom. The van der Waals surface area contributed by atoms with E-state index in [0.29, 0.717) is 5.95 Å². The highest BCUT2D eigenvalue weighted by Gasteiger charge is 2.23. The van der Waals surface area contributed by atoms with Gasteiger partial charge in [-0.2, -0.15) is 0 Å². The first-order valence-corrected chi connectivity index (χ1v) is 7.59. The highest BCUT2D eigenvalue weighted by Crippen LogP contribution is 2.29. The summed E-state index contributed by atoms with van der Waals surface area (Å²) in [6.07, 6.45) is 3.61. The number of pyridine rings is 1. The van der Waals surface area contributed by atoms with E-state index in [1.807, 2.05) is 23.8 Å². The zero-order valence-corrected chi connectivity index (χ0v) is 11.1. The predicted octanol–water partition coefficient (Wildman–Crippen LogP) is 1.41. The Morgan fingerprint density at radius 1 is 1.44 bits per heavy atom. The van der Waals surface area contributed by atoms with E-state index in [0.717, 1.165) is 41.1 Å². The standard InChI is InChI=1S/C12H16N4OS/c1-8-6-10-11(14-7-8)16(12(13)15-10)9-2-4-18(17)5-3-9/h6-7,9H,2-5H2,1H3,(H2,13,15). The van der Waals surface area contributed by atoms with Gasteiger partial charge in [-0.25, -0.2) is 9.97 Å². The molecular formula is C12H16N4OS. The van der Waals surface area contributed by atoms with Crippen LogP contribution >= 0.6 is 0 Å². The van der Waals surface area contributed by atoms with Gasteiger partial charge < -0.3 is 5.73 Å². The molecule has 0 amide bonds. The van der Waals surface area contributed by atoms with Crippen LogP contribution in [0.25, 0.3) is 11.2 Å². The first-order chi connectivity index (χ1) is 8.65. The first-order valence-electron chi connectivity index (χ1n) is 6.10. The molecule has 0 unspecified atom stereocenters. The lowest BCUT2D eigenvalue weighted by atomic mass is 10.1. The molecule has 0 spiro atoms. The topological polar surface area (TPSA) is 73.8 Å². The molecule has 2 N–H and O–H groups in total. The van der Waals surface area contributed by atoms with Crippen LogP contribution in [0.5, 0.6) is 0 Å². The van der Waals surface area contributed by atoms with E-state index >= 15 is 0 Å². The third-order valence-electron chi connectivity index (χ3n) is 3.42. The maximum atomic E-state index is 11.4. The van der Waals surface area contributed by atoms with Crippen molar-refractivity contribution in [3.05, 3.63) is 17.8 Å². The Hall–Kier alpha value is -1.43. The second-order valence-corrected chi connectivity index (χ2v) is 6.47. The van der Waals surface area contributed by atoms with Gasteiger partial charge in [0.25, 0.3) is 0 Å². The fraction of sp³-hybridized carbons (Fsp3) is 0.500. The van der Waals surface area contributed by atoms with Crippen LogP contribution in [-0.4, -0.2) is 30.2 Å². The molecule has 2 aromatic heterocycles. The van der Waals surface area contributed by atoms with Crippen molar-refractivity contribution in [3.8, 4) is 0 Å². The van der Waals surface area contributed by atoms with Gasteiger partial charge in [0.1, 0.15) is 5.52 Å². The Labute approximate surface area is 108 Å². The van der Waals surface area contributed by atoms with Gasteiger partial charge in [-0.15, -0.1) is 0 Å². The number of nitrogens with two attached hydrogens (primary N) is 1. The van der Waals surface area contributed by atoms with E-state index in [9.17, 15) is 4.21 Å². The van der Waals surface area contributed by atoms with Gasteiger partial charge in [0.05, 0.1) is 0 Å². The smallest absolute Gasteiger partial charge is 0.202 e. The maximum absolute atomic E-state index is 11.4. The summed E-state index contributed by atoms with van der Waals surface area (Å²) in [5.41, 5.74) is 8.78. The number of aromatic nitrogens is 3. The molecule has 0 atom stereocenters. The predicted molar refractivity (Wildman–Crippen MR) is 72.8 cm³/mol. The van der Waals surface area contributed by atoms with E-state index < -0.39 is 10.8 Å². The zero-order valence-electron chi connectivity index (χ0n) is 10.3. The minimum atomic E-state index is -0.661. The first kappa shape index (κ1) is 11.6. The van der Waals surface area contributed by atoms with Gasteiger partial charge in [-0.1, -0.05) is 0 Å². The van der Waals surface area contributed by atoms with Crippen molar-refractivity contribution in [2.75, 3.05) is 17.2 Å². The number of hydrogen-bond donors (Lipinski definition) is 1. The molecule has 1 aliphatic rings. The van der Waals surface area contributed by atoms with Gasteiger partial charge in [0, 0.05) is 34.5 Å². The van der Waals surface area contributed by atoms with E-state index in [4.69, 9.17) is 5.73 Å². The summed E-state index contributed by atoms with van der Waals surface area (Å²) in [6, 6.07) is 2.28. The summed E-state index contributed by atoms with van der Waals surface area (Å²) in [7, 11) is -0.661. The molecule has 0 aromatic carbocycles. The third-order valence-corrected chi connectivity index (χ3v) is 4.80. The van der Waals surface area contributed by atoms with Crippen molar-refractivity contribution in [3.63, 3.8) is 0 Å². The normalized spacial score (nSPS) is 24.5. The molecule has 18 heavy (non-hydrogen) atoms. The highest BCUT2D eigenvalue weighted by atomic mass is 32.2. The Kier molecular flexibility index (Phi) is 2.81. The number of aryl methyl sites for hydroxylation is 1. The fourth-order valence-electron chi connectivity index (χ4n) is 2.50. The Bertz CT molecular complexity index is 612. The van der Waals surface area contributed by atoms with Crippen molar-refractivity contribution in [2.45, 2.75) is 25.8 Å². The lowest BCUT2D eigenvalue weighted by molar-refractivity contribution is 0.476. The van der Waals surface area contributed by atoms with Gasteiger partial charge in [0.2, 0.25) is 5.95 Å². The number of anilines is 1. The fourth-order valence-corrected chi connectivity index (χ4v) is 3.77. The summed E-state index contributed by atoms with van der Waals surface area (Å²) < 4.78 is 13.4. The Balaban J connectivity index is 2.05. The van der Waals surface area contributed by atoms with Crippen LogP contribution in [0.4, 0.5) is 5.95 Å². The number of hydrogen-bond acceptors (Lipinski definition) is 4. The van der Waals surface area contributed by atoms with Crippen LogP contribution in [0, 0.1) is 6.92 Å². The van der Waals surface area contributed by atoms with Crippen LogP contribution in [0.1, 0.15) is 24.4 Å². The molecule has 3 heterocycles. The number of rotatable bonds is 1. The van der Waals surface area contributed by atoms with E-state index in [2.05, 4.69) is 9.97 Å². The second kappa shape index (κ2) is 4.35. The van der Waals surface area contributed by atoms with E-state index in [1.54, 1.807) is 0 Å². The van der Waals surface area contributed by atoms with Gasteiger partial charge in [-0.05, 0) is 31.4 Å². The molecule has 1 aliphatic heterocycles. The molecule has 1 saturated heterocycles. The average Bonchev–Trinajstić information content (AvgIpc) is 2.65. The minimum absolute atomic E-state index is 0.280. The van der Waals surface area contributed by atoms with Gasteiger partial charge >= 0.3 is 0 Å². The summed E-state index contributed by atoms with van der Waals surface area (Å²) in [5.74, 6) is 2.01. The molecule has 0 radical (unpaired) electrons. The SMILES string of the molecule is Cc1cnc2c(c1)nc(N)n2C1CCS(=O)CC1. The molecule has 5 nitrogen and oxygen atoms in total. The van der Waals surface area contributed by atoms with E-state index in [1.165, 1.54) is 0 Å². The van der Waals surface area contributed by atoms with Crippen LogP contribution in [-0.2, 0) is 10.8 Å². The van der Waals surface area contributed by atoms with Crippen LogP contribution in [0.3, 0.4) is 0 Å². The summed E-state index contributed by atoms with van der Waals surface area (Å²) in [5, 5.41) is 0.